The Kier molecular flexibility index (Phi) is 6.70. The minimum Gasteiger partial charge on any atom is -0.497 e. The zero-order valence-electron chi connectivity index (χ0n) is 19.7. The predicted molar refractivity (Wildman–Crippen MR) is 133 cm³/mol. The summed E-state index contributed by atoms with van der Waals surface area (Å²) in [4.78, 5) is 29.8. The van der Waals surface area contributed by atoms with Crippen molar-refractivity contribution in [2.24, 2.45) is 0 Å². The lowest BCUT2D eigenvalue weighted by Gasteiger charge is -2.47. The van der Waals surface area contributed by atoms with E-state index in [0.717, 1.165) is 28.0 Å². The Bertz CT molecular complexity index is 1240. The molecule has 0 saturated carbocycles. The van der Waals surface area contributed by atoms with Crippen molar-refractivity contribution < 1.29 is 23.8 Å². The molecule has 1 aromatic heterocycles. The zero-order valence-corrected chi connectivity index (χ0v) is 20.5. The van der Waals surface area contributed by atoms with Crippen LogP contribution < -0.4 is 4.74 Å². The number of ether oxygens (including phenoxy) is 3. The van der Waals surface area contributed by atoms with Crippen molar-refractivity contribution in [1.82, 2.24) is 4.90 Å². The van der Waals surface area contributed by atoms with Crippen LogP contribution in [0.1, 0.15) is 40.6 Å². The normalized spacial score (nSPS) is 21.1. The lowest BCUT2D eigenvalue weighted by Crippen LogP contribution is -2.49. The van der Waals surface area contributed by atoms with E-state index in [9.17, 15) is 9.59 Å². The highest BCUT2D eigenvalue weighted by atomic mass is 32.1. The van der Waals surface area contributed by atoms with Gasteiger partial charge in [0.25, 0.3) is 0 Å². The average molecular weight is 490 g/mol. The number of benzene rings is 2. The van der Waals surface area contributed by atoms with E-state index >= 15 is 0 Å². The number of ketones is 1. The summed E-state index contributed by atoms with van der Waals surface area (Å²) in [5, 5.41) is 2.04. The van der Waals surface area contributed by atoms with Crippen LogP contribution in [-0.4, -0.2) is 36.5 Å². The molecule has 3 unspecified atom stereocenters. The summed E-state index contributed by atoms with van der Waals surface area (Å²) in [7, 11) is 1.63. The van der Waals surface area contributed by atoms with E-state index in [1.807, 2.05) is 53.9 Å². The molecule has 2 aliphatic rings. The Morgan fingerprint density at radius 1 is 1.11 bits per heavy atom. The third kappa shape index (κ3) is 4.49. The predicted octanol–water partition coefficient (Wildman–Crippen LogP) is 5.01. The van der Waals surface area contributed by atoms with Crippen LogP contribution in [0.25, 0.3) is 0 Å². The van der Waals surface area contributed by atoms with Crippen LogP contribution in [0.3, 0.4) is 0 Å². The maximum atomic E-state index is 13.7. The van der Waals surface area contributed by atoms with Crippen LogP contribution in [0.4, 0.5) is 0 Å². The number of esters is 1. The fraction of sp³-hybridized carbons (Fsp3) is 0.286. The number of methoxy groups -OCH3 is 1. The Balaban J connectivity index is 1.63. The van der Waals surface area contributed by atoms with E-state index < -0.39 is 18.1 Å². The van der Waals surface area contributed by atoms with E-state index in [4.69, 9.17) is 14.2 Å². The number of Topliss-reactive ketones (excluding diaryl/α,β-unsaturated/α-hetero) is 1. The lowest BCUT2D eigenvalue weighted by atomic mass is 9.80. The molecule has 3 heterocycles. The van der Waals surface area contributed by atoms with Crippen LogP contribution >= 0.6 is 11.3 Å². The second-order valence-corrected chi connectivity index (χ2v) is 9.52. The summed E-state index contributed by atoms with van der Waals surface area (Å²) in [5.74, 6) is -0.264. The minimum absolute atomic E-state index is 0.0223. The molecule has 2 aliphatic heterocycles. The molecule has 0 bridgehead atoms. The molecule has 5 rings (SSSR count). The smallest absolute Gasteiger partial charge is 0.343 e. The van der Waals surface area contributed by atoms with E-state index in [-0.39, 0.29) is 30.6 Å². The summed E-state index contributed by atoms with van der Waals surface area (Å²) in [5.41, 5.74) is 3.09. The van der Waals surface area contributed by atoms with E-state index in [1.165, 1.54) is 0 Å². The van der Waals surface area contributed by atoms with Crippen molar-refractivity contribution in [2.75, 3.05) is 13.7 Å². The van der Waals surface area contributed by atoms with Crippen LogP contribution in [-0.2, 0) is 32.1 Å². The van der Waals surface area contributed by atoms with Crippen LogP contribution in [0.2, 0.25) is 0 Å². The van der Waals surface area contributed by atoms with Gasteiger partial charge >= 0.3 is 5.97 Å². The molecular formula is C28H27NO5S. The quantitative estimate of drug-likeness (QED) is 0.343. The van der Waals surface area contributed by atoms with Gasteiger partial charge in [-0.25, -0.2) is 4.79 Å². The second kappa shape index (κ2) is 10.1. The second-order valence-electron chi connectivity index (χ2n) is 8.54. The van der Waals surface area contributed by atoms with Gasteiger partial charge in [-0.15, -0.1) is 11.3 Å². The van der Waals surface area contributed by atoms with Crippen molar-refractivity contribution in [3.63, 3.8) is 0 Å². The number of hydrogen-bond acceptors (Lipinski definition) is 7. The zero-order chi connectivity index (χ0) is 24.4. The van der Waals surface area contributed by atoms with Crippen molar-refractivity contribution >= 4 is 23.1 Å². The third-order valence-corrected chi connectivity index (χ3v) is 7.47. The molecule has 0 aliphatic carbocycles. The molecule has 180 valence electrons. The molecule has 7 heteroatoms. The van der Waals surface area contributed by atoms with Crippen molar-refractivity contribution in [2.45, 2.75) is 38.1 Å². The van der Waals surface area contributed by atoms with Gasteiger partial charge in [-0.05, 0) is 53.6 Å². The molecule has 0 fully saturated rings. The molecule has 0 amide bonds. The molecule has 2 aromatic carbocycles. The third-order valence-electron chi connectivity index (χ3n) is 6.49. The van der Waals surface area contributed by atoms with Crippen LogP contribution in [0, 0.1) is 0 Å². The lowest BCUT2D eigenvalue weighted by molar-refractivity contribution is -0.146. The first-order valence-corrected chi connectivity index (χ1v) is 12.5. The highest BCUT2D eigenvalue weighted by molar-refractivity contribution is 7.10. The van der Waals surface area contributed by atoms with Gasteiger partial charge in [-0.1, -0.05) is 42.5 Å². The number of fused-ring (bicyclic) bond motifs is 3. The average Bonchev–Trinajstić information content (AvgIpc) is 3.42. The monoisotopic (exact) mass is 489 g/mol. The molecule has 0 N–H and O–H groups in total. The van der Waals surface area contributed by atoms with Gasteiger partial charge in [-0.3, -0.25) is 4.79 Å². The summed E-state index contributed by atoms with van der Waals surface area (Å²) >= 11 is 1.66. The number of carbonyl (C=O) groups is 2. The van der Waals surface area contributed by atoms with Gasteiger partial charge in [0.05, 0.1) is 32.4 Å². The van der Waals surface area contributed by atoms with Gasteiger partial charge in [0.2, 0.25) is 5.78 Å². The summed E-state index contributed by atoms with van der Waals surface area (Å²) in [6.45, 7) is 2.17. The molecule has 35 heavy (non-hydrogen) atoms. The van der Waals surface area contributed by atoms with Crippen molar-refractivity contribution in [3.05, 3.63) is 99.4 Å². The van der Waals surface area contributed by atoms with E-state index in [2.05, 4.69) is 17.0 Å². The Morgan fingerprint density at radius 3 is 2.66 bits per heavy atom. The van der Waals surface area contributed by atoms with Crippen LogP contribution in [0.15, 0.2) is 77.8 Å². The van der Waals surface area contributed by atoms with Crippen molar-refractivity contribution in [1.29, 1.82) is 0 Å². The molecule has 3 aromatic rings. The van der Waals surface area contributed by atoms with Gasteiger partial charge in [0.1, 0.15) is 17.4 Å². The summed E-state index contributed by atoms with van der Waals surface area (Å²) in [6, 6.07) is 19.4. The fourth-order valence-corrected chi connectivity index (χ4v) is 5.68. The molecular weight excluding hydrogens is 462 g/mol. The molecule has 0 radical (unpaired) electrons. The summed E-state index contributed by atoms with van der Waals surface area (Å²) < 4.78 is 17.1. The minimum atomic E-state index is -0.881. The van der Waals surface area contributed by atoms with Crippen molar-refractivity contribution in [3.8, 4) is 5.75 Å². The summed E-state index contributed by atoms with van der Waals surface area (Å²) in [6.07, 6.45) is 1.54. The van der Waals surface area contributed by atoms with Gasteiger partial charge < -0.3 is 19.1 Å². The number of carbonyl (C=O) groups excluding carboxylic acids is 2. The number of nitrogens with zero attached hydrogens (tertiary/aromatic N) is 1. The number of rotatable bonds is 7. The van der Waals surface area contributed by atoms with E-state index in [0.29, 0.717) is 5.75 Å². The SMILES string of the molecule is CCOC(=O)C1=CN2C(c3cccs3)Cc3ccc(OC)cc3C2C(OCc2ccccc2)C1=O. The topological polar surface area (TPSA) is 65.1 Å². The first kappa shape index (κ1) is 23.3. The standard InChI is InChI=1S/C28H27NO5S/c1-3-33-28(31)22-16-29-23(24-10-7-13-35-24)14-19-11-12-20(32-2)15-21(19)25(29)27(26(22)30)34-17-18-8-5-4-6-9-18/h4-13,15-16,23,25,27H,3,14,17H2,1-2H3. The maximum absolute atomic E-state index is 13.7. The van der Waals surface area contributed by atoms with E-state index in [1.54, 1.807) is 31.6 Å². The molecule has 0 spiro atoms. The van der Waals surface area contributed by atoms with Crippen LogP contribution in [0.5, 0.6) is 5.75 Å². The largest absolute Gasteiger partial charge is 0.497 e. The molecule has 0 saturated heterocycles. The van der Waals surface area contributed by atoms with Gasteiger partial charge in [0, 0.05) is 11.1 Å². The van der Waals surface area contributed by atoms with Gasteiger partial charge in [-0.2, -0.15) is 0 Å². The first-order chi connectivity index (χ1) is 17.1. The Labute approximate surface area is 208 Å². The maximum Gasteiger partial charge on any atom is 0.343 e. The highest BCUT2D eigenvalue weighted by Gasteiger charge is 2.47. The highest BCUT2D eigenvalue weighted by Crippen LogP contribution is 2.47. The molecule has 6 nitrogen and oxygen atoms in total. The Hall–Kier alpha value is -3.42. The first-order valence-electron chi connectivity index (χ1n) is 11.7. The Morgan fingerprint density at radius 2 is 1.94 bits per heavy atom. The number of hydrogen-bond donors (Lipinski definition) is 0. The fourth-order valence-electron chi connectivity index (χ4n) is 4.85. The number of thiophene rings is 1. The van der Waals surface area contributed by atoms with Gasteiger partial charge in [0.15, 0.2) is 0 Å². The molecule has 3 atom stereocenters.